The van der Waals surface area contributed by atoms with E-state index in [1.54, 1.807) is 0 Å². The van der Waals surface area contributed by atoms with Gasteiger partial charge in [-0.25, -0.2) is 9.69 Å². The van der Waals surface area contributed by atoms with Crippen LogP contribution in [0.4, 0.5) is 4.79 Å². The van der Waals surface area contributed by atoms with E-state index in [2.05, 4.69) is 19.1 Å². The summed E-state index contributed by atoms with van der Waals surface area (Å²) in [6.07, 6.45) is 4.63. The van der Waals surface area contributed by atoms with Gasteiger partial charge >= 0.3 is 6.09 Å². The molecule has 0 unspecified atom stereocenters. The van der Waals surface area contributed by atoms with Crippen LogP contribution < -0.4 is 0 Å². The highest BCUT2D eigenvalue weighted by Gasteiger charge is 2.44. The van der Waals surface area contributed by atoms with E-state index in [0.717, 1.165) is 6.42 Å². The Morgan fingerprint density at radius 1 is 1.42 bits per heavy atom. The molecule has 1 aliphatic heterocycles. The maximum Gasteiger partial charge on any atom is 0.416 e. The van der Waals surface area contributed by atoms with Crippen LogP contribution in [0.25, 0.3) is 0 Å². The molecule has 4 atom stereocenters. The summed E-state index contributed by atoms with van der Waals surface area (Å²) in [4.78, 5) is 26.0. The highest BCUT2D eigenvalue weighted by atomic mass is 16.6. The number of ether oxygens (including phenoxy) is 1. The molecule has 0 bridgehead atoms. The zero-order chi connectivity index (χ0) is 14.2. The minimum atomic E-state index is -0.474. The van der Waals surface area contributed by atoms with Gasteiger partial charge in [0.15, 0.2) is 0 Å². The van der Waals surface area contributed by atoms with E-state index in [1.165, 1.54) is 4.90 Å². The first-order chi connectivity index (χ1) is 8.93. The van der Waals surface area contributed by atoms with Gasteiger partial charge in [0.2, 0.25) is 5.91 Å². The number of amides is 2. The maximum absolute atomic E-state index is 12.7. The molecule has 0 aromatic rings. The molecular weight excluding hydrogens is 242 g/mol. The third-order valence-corrected chi connectivity index (χ3v) is 4.33. The van der Waals surface area contributed by atoms with E-state index in [0.29, 0.717) is 6.61 Å². The molecule has 0 saturated carbocycles. The molecule has 106 valence electrons. The smallest absolute Gasteiger partial charge is 0.416 e. The summed E-state index contributed by atoms with van der Waals surface area (Å²) < 4.78 is 5.07. The molecule has 2 amide bonds. The summed E-state index contributed by atoms with van der Waals surface area (Å²) >= 11 is 0. The Bertz CT molecular complexity index is 402. The van der Waals surface area contributed by atoms with E-state index in [-0.39, 0.29) is 35.6 Å². The predicted molar refractivity (Wildman–Crippen MR) is 72.4 cm³/mol. The Balaban J connectivity index is 2.22. The Morgan fingerprint density at radius 3 is 2.68 bits per heavy atom. The molecule has 1 heterocycles. The zero-order valence-corrected chi connectivity index (χ0v) is 12.1. The molecule has 0 radical (unpaired) electrons. The quantitative estimate of drug-likeness (QED) is 0.721. The van der Waals surface area contributed by atoms with Gasteiger partial charge in [0.05, 0.1) is 6.04 Å². The molecule has 0 spiro atoms. The maximum atomic E-state index is 12.7. The predicted octanol–water partition coefficient (Wildman–Crippen LogP) is 2.84. The highest BCUT2D eigenvalue weighted by Crippen LogP contribution is 2.33. The van der Waals surface area contributed by atoms with E-state index in [9.17, 15) is 9.59 Å². The summed E-state index contributed by atoms with van der Waals surface area (Å²) in [5.74, 6) is 0.494. The SMILES string of the molecule is CC(C)[C@H]1COC(=O)N1C(=O)[C@H]1[C@@H](C)C=CC[C@@H]1C. The van der Waals surface area contributed by atoms with E-state index in [4.69, 9.17) is 4.74 Å². The first kappa shape index (κ1) is 14.1. The van der Waals surface area contributed by atoms with Crippen molar-refractivity contribution in [2.45, 2.75) is 40.2 Å². The van der Waals surface area contributed by atoms with Gasteiger partial charge < -0.3 is 4.74 Å². The largest absolute Gasteiger partial charge is 0.447 e. The Morgan fingerprint density at radius 2 is 2.11 bits per heavy atom. The highest BCUT2D eigenvalue weighted by molar-refractivity contribution is 5.95. The molecule has 1 aliphatic carbocycles. The minimum Gasteiger partial charge on any atom is -0.447 e. The summed E-state index contributed by atoms with van der Waals surface area (Å²) in [6, 6.07) is -0.120. The number of imide groups is 1. The lowest BCUT2D eigenvalue weighted by Gasteiger charge is -2.34. The third-order valence-electron chi connectivity index (χ3n) is 4.33. The fourth-order valence-electron chi connectivity index (χ4n) is 3.10. The van der Waals surface area contributed by atoms with Crippen LogP contribution in [0, 0.1) is 23.7 Å². The summed E-state index contributed by atoms with van der Waals surface area (Å²) in [5, 5.41) is 0. The number of hydrogen-bond acceptors (Lipinski definition) is 3. The molecule has 4 heteroatoms. The Kier molecular flexibility index (Phi) is 3.97. The summed E-state index contributed by atoms with van der Waals surface area (Å²) in [6.45, 7) is 8.48. The van der Waals surface area contributed by atoms with E-state index < -0.39 is 6.09 Å². The van der Waals surface area contributed by atoms with Gasteiger partial charge in [-0.3, -0.25) is 4.79 Å². The normalized spacial score (nSPS) is 34.8. The lowest BCUT2D eigenvalue weighted by atomic mass is 9.76. The number of nitrogens with zero attached hydrogens (tertiary/aromatic N) is 1. The number of carbonyl (C=O) groups excluding carboxylic acids is 2. The number of allylic oxidation sites excluding steroid dienone is 2. The van der Waals surface area contributed by atoms with Crippen LogP contribution in [-0.2, 0) is 9.53 Å². The minimum absolute atomic E-state index is 0.0643. The second-order valence-electron chi connectivity index (χ2n) is 6.12. The van der Waals surface area contributed by atoms with Crippen LogP contribution in [0.1, 0.15) is 34.1 Å². The standard InChI is InChI=1S/C15H23NO3/c1-9(2)12-8-19-15(18)16(12)14(17)13-10(3)6-5-7-11(13)4/h5-6,9-13H,7-8H2,1-4H3/t10-,11-,12+,13-/m0/s1. The summed E-state index contributed by atoms with van der Waals surface area (Å²) in [5.41, 5.74) is 0. The molecule has 1 fully saturated rings. The molecule has 1 saturated heterocycles. The van der Waals surface area contributed by atoms with E-state index >= 15 is 0 Å². The molecule has 2 aliphatic rings. The third kappa shape index (κ3) is 2.53. The molecular formula is C15H23NO3. The van der Waals surface area contributed by atoms with Gasteiger partial charge in [-0.1, -0.05) is 39.8 Å². The first-order valence-corrected chi connectivity index (χ1v) is 7.10. The van der Waals surface area contributed by atoms with Crippen LogP contribution in [-0.4, -0.2) is 29.5 Å². The average Bonchev–Trinajstić information content (AvgIpc) is 2.70. The van der Waals surface area contributed by atoms with Gasteiger partial charge in [-0.15, -0.1) is 0 Å². The van der Waals surface area contributed by atoms with Crippen molar-refractivity contribution < 1.29 is 14.3 Å². The average molecular weight is 265 g/mol. The van der Waals surface area contributed by atoms with Crippen molar-refractivity contribution in [1.82, 2.24) is 4.90 Å². The van der Waals surface area contributed by atoms with Crippen molar-refractivity contribution in [3.8, 4) is 0 Å². The topological polar surface area (TPSA) is 46.6 Å². The van der Waals surface area contributed by atoms with Crippen molar-refractivity contribution in [3.05, 3.63) is 12.2 Å². The van der Waals surface area contributed by atoms with Gasteiger partial charge in [-0.2, -0.15) is 0 Å². The number of hydrogen-bond donors (Lipinski definition) is 0. The van der Waals surface area contributed by atoms with Crippen molar-refractivity contribution in [2.24, 2.45) is 23.7 Å². The molecule has 4 nitrogen and oxygen atoms in total. The lowest BCUT2D eigenvalue weighted by molar-refractivity contribution is -0.137. The fraction of sp³-hybridized carbons (Fsp3) is 0.733. The zero-order valence-electron chi connectivity index (χ0n) is 12.1. The second kappa shape index (κ2) is 5.35. The number of rotatable bonds is 2. The monoisotopic (exact) mass is 265 g/mol. The van der Waals surface area contributed by atoms with Crippen molar-refractivity contribution >= 4 is 12.0 Å². The van der Waals surface area contributed by atoms with Crippen LogP contribution in [0.2, 0.25) is 0 Å². The lowest BCUT2D eigenvalue weighted by Crippen LogP contribution is -2.48. The second-order valence-corrected chi connectivity index (χ2v) is 6.12. The van der Waals surface area contributed by atoms with Gasteiger partial charge in [0.25, 0.3) is 0 Å². The molecule has 2 rings (SSSR count). The van der Waals surface area contributed by atoms with Crippen LogP contribution >= 0.6 is 0 Å². The van der Waals surface area contributed by atoms with Crippen LogP contribution in [0.3, 0.4) is 0 Å². The molecule has 0 N–H and O–H groups in total. The van der Waals surface area contributed by atoms with Crippen LogP contribution in [0.5, 0.6) is 0 Å². The Hall–Kier alpha value is -1.32. The van der Waals surface area contributed by atoms with Gasteiger partial charge in [0, 0.05) is 5.92 Å². The Labute approximate surface area is 114 Å². The number of cyclic esters (lactones) is 1. The van der Waals surface area contributed by atoms with Crippen molar-refractivity contribution in [2.75, 3.05) is 6.61 Å². The van der Waals surface area contributed by atoms with Gasteiger partial charge in [-0.05, 0) is 24.2 Å². The molecule has 0 aromatic heterocycles. The van der Waals surface area contributed by atoms with E-state index in [1.807, 2.05) is 20.8 Å². The molecule has 0 aromatic carbocycles. The van der Waals surface area contributed by atoms with Crippen LogP contribution in [0.15, 0.2) is 12.2 Å². The molecule has 19 heavy (non-hydrogen) atoms. The fourth-order valence-corrected chi connectivity index (χ4v) is 3.10. The number of carbonyl (C=O) groups is 2. The van der Waals surface area contributed by atoms with Crippen molar-refractivity contribution in [3.63, 3.8) is 0 Å². The summed E-state index contributed by atoms with van der Waals surface area (Å²) in [7, 11) is 0. The first-order valence-electron chi connectivity index (χ1n) is 7.10. The van der Waals surface area contributed by atoms with Gasteiger partial charge in [0.1, 0.15) is 6.61 Å². The van der Waals surface area contributed by atoms with Crippen molar-refractivity contribution in [1.29, 1.82) is 0 Å².